The highest BCUT2D eigenvalue weighted by molar-refractivity contribution is 5.97. The molecule has 0 atom stereocenters. The highest BCUT2D eigenvalue weighted by Crippen LogP contribution is 2.35. The maximum absolute atomic E-state index is 13.4. The summed E-state index contributed by atoms with van der Waals surface area (Å²) >= 11 is 0. The first-order chi connectivity index (χ1) is 17.6. The fourth-order valence-corrected chi connectivity index (χ4v) is 4.13. The summed E-state index contributed by atoms with van der Waals surface area (Å²) in [7, 11) is 0. The molecule has 3 N–H and O–H groups in total. The molecule has 2 aromatic carbocycles. The van der Waals surface area contributed by atoms with Crippen molar-refractivity contribution in [2.45, 2.75) is 33.0 Å². The van der Waals surface area contributed by atoms with Gasteiger partial charge in [-0.1, -0.05) is 24.1 Å². The zero-order valence-electron chi connectivity index (χ0n) is 20.2. The molecule has 3 heterocycles. The first kappa shape index (κ1) is 24.1. The lowest BCUT2D eigenvalue weighted by Crippen LogP contribution is -2.08. The summed E-state index contributed by atoms with van der Waals surface area (Å²) in [5, 5.41) is 9.71. The van der Waals surface area contributed by atoms with Gasteiger partial charge in [0.1, 0.15) is 23.7 Å². The number of nitrogens with one attached hydrogen (secondary N) is 1. The number of aromatic nitrogens is 5. The van der Waals surface area contributed by atoms with E-state index in [0.717, 1.165) is 11.5 Å². The zero-order valence-corrected chi connectivity index (χ0v) is 20.2. The first-order valence-corrected chi connectivity index (χ1v) is 11.5. The molecule has 0 spiro atoms. The van der Waals surface area contributed by atoms with Gasteiger partial charge in [0, 0.05) is 34.3 Å². The number of hydrogen-bond donors (Lipinski definition) is 2. The molecule has 0 saturated heterocycles. The molecule has 0 aliphatic heterocycles. The van der Waals surface area contributed by atoms with Crippen LogP contribution in [0, 0.1) is 18.8 Å². The number of hydrogen-bond acceptors (Lipinski definition) is 6. The van der Waals surface area contributed by atoms with Crippen molar-refractivity contribution in [2.24, 2.45) is 0 Å². The van der Waals surface area contributed by atoms with Gasteiger partial charge < -0.3 is 11.1 Å². The number of halogens is 3. The second-order valence-electron chi connectivity index (χ2n) is 8.81. The quantitative estimate of drug-likeness (QED) is 0.294. The number of benzene rings is 2. The van der Waals surface area contributed by atoms with Crippen LogP contribution in [-0.4, -0.2) is 24.7 Å². The number of nitrogens with zero attached hydrogens (tertiary/aromatic N) is 5. The molecular weight excluding hydrogens is 479 g/mol. The second-order valence-corrected chi connectivity index (χ2v) is 8.81. The second kappa shape index (κ2) is 9.09. The molecule has 3 aromatic heterocycles. The van der Waals surface area contributed by atoms with Crippen LogP contribution in [-0.2, 0) is 6.18 Å². The van der Waals surface area contributed by atoms with Crippen LogP contribution < -0.4 is 11.1 Å². The SMILES string of the molecule is Cc1ccc(Nc2nccc3c(C#Cc4nn(C(C)C)c5ncnc(N)c45)cccc23)cc1C(F)(F)F. The number of nitrogens with two attached hydrogens (primary N) is 1. The Morgan fingerprint density at radius 2 is 1.81 bits per heavy atom. The van der Waals surface area contributed by atoms with Crippen molar-refractivity contribution in [3.8, 4) is 11.8 Å². The molecule has 10 heteroatoms. The normalized spacial score (nSPS) is 11.6. The minimum Gasteiger partial charge on any atom is -0.383 e. The molecule has 0 unspecified atom stereocenters. The lowest BCUT2D eigenvalue weighted by Gasteiger charge is -2.14. The van der Waals surface area contributed by atoms with Crippen molar-refractivity contribution < 1.29 is 13.2 Å². The molecule has 5 rings (SSSR count). The molecule has 0 radical (unpaired) electrons. The molecule has 0 bridgehead atoms. The zero-order chi connectivity index (χ0) is 26.3. The summed E-state index contributed by atoms with van der Waals surface area (Å²) in [5.41, 5.74) is 7.63. The van der Waals surface area contributed by atoms with Crippen LogP contribution >= 0.6 is 0 Å². The van der Waals surface area contributed by atoms with Gasteiger partial charge in [-0.25, -0.2) is 19.6 Å². The van der Waals surface area contributed by atoms with Gasteiger partial charge in [0.2, 0.25) is 0 Å². The number of rotatable bonds is 3. The number of anilines is 3. The van der Waals surface area contributed by atoms with Crippen molar-refractivity contribution in [3.63, 3.8) is 0 Å². The van der Waals surface area contributed by atoms with Crippen LogP contribution in [0.1, 0.15) is 42.3 Å². The van der Waals surface area contributed by atoms with Gasteiger partial charge in [0.15, 0.2) is 5.65 Å². The maximum atomic E-state index is 13.4. The highest BCUT2D eigenvalue weighted by atomic mass is 19.4. The first-order valence-electron chi connectivity index (χ1n) is 11.5. The Morgan fingerprint density at radius 3 is 2.57 bits per heavy atom. The van der Waals surface area contributed by atoms with Gasteiger partial charge >= 0.3 is 6.18 Å². The Hall–Kier alpha value is -4.65. The van der Waals surface area contributed by atoms with Crippen molar-refractivity contribution in [1.29, 1.82) is 0 Å². The topological polar surface area (TPSA) is 94.5 Å². The van der Waals surface area contributed by atoms with Crippen molar-refractivity contribution in [1.82, 2.24) is 24.7 Å². The molecule has 0 fully saturated rings. The van der Waals surface area contributed by atoms with E-state index in [2.05, 4.69) is 37.2 Å². The lowest BCUT2D eigenvalue weighted by molar-refractivity contribution is -0.138. The van der Waals surface area contributed by atoms with Crippen LogP contribution in [0.2, 0.25) is 0 Å². The molecule has 5 aromatic rings. The third-order valence-corrected chi connectivity index (χ3v) is 5.93. The monoisotopic (exact) mass is 501 g/mol. The molecule has 0 aliphatic carbocycles. The Labute approximate surface area is 210 Å². The molecule has 0 saturated carbocycles. The molecule has 37 heavy (non-hydrogen) atoms. The molecule has 0 amide bonds. The van der Waals surface area contributed by atoms with Crippen LogP contribution in [0.5, 0.6) is 0 Å². The number of pyridine rings is 1. The minimum atomic E-state index is -4.45. The van der Waals surface area contributed by atoms with Crippen LogP contribution in [0.15, 0.2) is 55.0 Å². The van der Waals surface area contributed by atoms with E-state index in [9.17, 15) is 13.2 Å². The smallest absolute Gasteiger partial charge is 0.383 e. The summed E-state index contributed by atoms with van der Waals surface area (Å²) in [6.45, 7) is 5.40. The van der Waals surface area contributed by atoms with Crippen LogP contribution in [0.3, 0.4) is 0 Å². The van der Waals surface area contributed by atoms with Crippen molar-refractivity contribution in [3.05, 3.63) is 77.4 Å². The van der Waals surface area contributed by atoms with Gasteiger partial charge in [-0.05, 0) is 56.5 Å². The highest BCUT2D eigenvalue weighted by Gasteiger charge is 2.32. The fraction of sp³-hybridized carbons (Fsp3) is 0.185. The maximum Gasteiger partial charge on any atom is 0.416 e. The molecule has 186 valence electrons. The van der Waals surface area contributed by atoms with Gasteiger partial charge in [-0.15, -0.1) is 0 Å². The summed E-state index contributed by atoms with van der Waals surface area (Å²) in [4.78, 5) is 12.8. The summed E-state index contributed by atoms with van der Waals surface area (Å²) in [6, 6.07) is 11.5. The predicted octanol–water partition coefficient (Wildman–Crippen LogP) is 6.01. The van der Waals surface area contributed by atoms with Gasteiger partial charge in [0.05, 0.1) is 10.9 Å². The van der Waals surface area contributed by atoms with E-state index in [0.29, 0.717) is 39.3 Å². The van der Waals surface area contributed by atoms with E-state index in [-0.39, 0.29) is 17.3 Å². The number of nitrogen functional groups attached to an aromatic ring is 1. The fourth-order valence-electron chi connectivity index (χ4n) is 4.13. The van der Waals surface area contributed by atoms with Gasteiger partial charge in [-0.2, -0.15) is 18.3 Å². The summed E-state index contributed by atoms with van der Waals surface area (Å²) in [6.07, 6.45) is -1.46. The van der Waals surface area contributed by atoms with Crippen LogP contribution in [0.4, 0.5) is 30.5 Å². The lowest BCUT2D eigenvalue weighted by atomic mass is 10.0. The number of aryl methyl sites for hydroxylation is 1. The van der Waals surface area contributed by atoms with Crippen LogP contribution in [0.25, 0.3) is 21.8 Å². The Balaban J connectivity index is 1.57. The Kier molecular flexibility index (Phi) is 5.91. The minimum absolute atomic E-state index is 0.0456. The van der Waals surface area contributed by atoms with E-state index in [1.807, 2.05) is 38.1 Å². The summed E-state index contributed by atoms with van der Waals surface area (Å²) < 4.78 is 41.9. The van der Waals surface area contributed by atoms with E-state index in [4.69, 9.17) is 5.73 Å². The third kappa shape index (κ3) is 4.51. The third-order valence-electron chi connectivity index (χ3n) is 5.93. The largest absolute Gasteiger partial charge is 0.416 e. The molecule has 0 aliphatic rings. The van der Waals surface area contributed by atoms with E-state index < -0.39 is 11.7 Å². The van der Waals surface area contributed by atoms with Gasteiger partial charge in [-0.3, -0.25) is 0 Å². The standard InChI is InChI=1S/C27H22F3N7/c1-15(2)37-26-23(24(31)33-14-34-26)22(36-37)10-8-17-5-4-6-20-19(17)11-12-32-25(20)35-18-9-7-16(3)21(13-18)27(28,29)30/h4-7,9,11-15H,1-3H3,(H,32,35)(H2,31,33,34). The van der Waals surface area contributed by atoms with E-state index >= 15 is 0 Å². The van der Waals surface area contributed by atoms with E-state index in [1.165, 1.54) is 19.3 Å². The van der Waals surface area contributed by atoms with Crippen molar-refractivity contribution in [2.75, 3.05) is 11.1 Å². The Morgan fingerprint density at radius 1 is 1.00 bits per heavy atom. The van der Waals surface area contributed by atoms with Crippen molar-refractivity contribution >= 4 is 39.1 Å². The van der Waals surface area contributed by atoms with Gasteiger partial charge in [0.25, 0.3) is 0 Å². The molecule has 7 nitrogen and oxygen atoms in total. The Bertz CT molecular complexity index is 1710. The number of fused-ring (bicyclic) bond motifs is 2. The summed E-state index contributed by atoms with van der Waals surface area (Å²) in [5.74, 6) is 6.98. The average molecular weight is 502 g/mol. The average Bonchev–Trinajstić information content (AvgIpc) is 3.24. The number of alkyl halides is 3. The van der Waals surface area contributed by atoms with E-state index in [1.54, 1.807) is 16.9 Å². The molecular formula is C27H22F3N7. The predicted molar refractivity (Wildman–Crippen MR) is 137 cm³/mol.